The van der Waals surface area contributed by atoms with Gasteiger partial charge in [-0.1, -0.05) is 0 Å². The SMILES string of the molecule is CC(Cl)CC(C)NC(=O)CC1CCSCC1. The zero-order valence-corrected chi connectivity index (χ0v) is 11.7. The van der Waals surface area contributed by atoms with Crippen LogP contribution in [0.4, 0.5) is 0 Å². The van der Waals surface area contributed by atoms with Crippen molar-refractivity contribution >= 4 is 29.3 Å². The topological polar surface area (TPSA) is 29.1 Å². The quantitative estimate of drug-likeness (QED) is 0.773. The average molecular weight is 264 g/mol. The van der Waals surface area contributed by atoms with Gasteiger partial charge >= 0.3 is 0 Å². The summed E-state index contributed by atoms with van der Waals surface area (Å²) in [5, 5.41) is 3.15. The third kappa shape index (κ3) is 6.00. The Hall–Kier alpha value is 0.110. The number of carbonyl (C=O) groups is 1. The maximum atomic E-state index is 11.7. The molecule has 0 aliphatic carbocycles. The normalized spacial score (nSPS) is 21.4. The van der Waals surface area contributed by atoms with Crippen molar-refractivity contribution in [3.63, 3.8) is 0 Å². The van der Waals surface area contributed by atoms with Crippen molar-refractivity contribution < 1.29 is 4.79 Å². The molecule has 0 aromatic rings. The van der Waals surface area contributed by atoms with E-state index in [0.29, 0.717) is 12.3 Å². The maximum absolute atomic E-state index is 11.7. The molecule has 94 valence electrons. The molecule has 1 aliphatic rings. The molecule has 1 aliphatic heterocycles. The highest BCUT2D eigenvalue weighted by Crippen LogP contribution is 2.25. The Morgan fingerprint density at radius 3 is 2.62 bits per heavy atom. The van der Waals surface area contributed by atoms with Gasteiger partial charge in [0.1, 0.15) is 0 Å². The minimum Gasteiger partial charge on any atom is -0.354 e. The van der Waals surface area contributed by atoms with Crippen LogP contribution in [0.5, 0.6) is 0 Å². The summed E-state index contributed by atoms with van der Waals surface area (Å²) >= 11 is 7.89. The van der Waals surface area contributed by atoms with Crippen molar-refractivity contribution in [2.24, 2.45) is 5.92 Å². The first kappa shape index (κ1) is 14.2. The lowest BCUT2D eigenvalue weighted by molar-refractivity contribution is -0.122. The van der Waals surface area contributed by atoms with E-state index in [0.717, 1.165) is 6.42 Å². The molecule has 0 radical (unpaired) electrons. The first-order valence-corrected chi connectivity index (χ1v) is 7.68. The third-order valence-electron chi connectivity index (χ3n) is 2.90. The van der Waals surface area contributed by atoms with E-state index in [2.05, 4.69) is 5.32 Å². The summed E-state index contributed by atoms with van der Waals surface area (Å²) in [5.41, 5.74) is 0. The smallest absolute Gasteiger partial charge is 0.220 e. The maximum Gasteiger partial charge on any atom is 0.220 e. The highest BCUT2D eigenvalue weighted by Gasteiger charge is 2.18. The van der Waals surface area contributed by atoms with Crippen LogP contribution in [0.2, 0.25) is 0 Å². The summed E-state index contributed by atoms with van der Waals surface area (Å²) in [6, 6.07) is 0.193. The Kier molecular flexibility index (Phi) is 6.59. The van der Waals surface area contributed by atoms with Crippen LogP contribution in [0.25, 0.3) is 0 Å². The molecule has 4 heteroatoms. The van der Waals surface area contributed by atoms with E-state index in [9.17, 15) is 4.79 Å². The minimum atomic E-state index is 0.126. The molecule has 1 N–H and O–H groups in total. The molecule has 2 nitrogen and oxygen atoms in total. The van der Waals surface area contributed by atoms with Crippen LogP contribution >= 0.6 is 23.4 Å². The highest BCUT2D eigenvalue weighted by atomic mass is 35.5. The number of hydrogen-bond acceptors (Lipinski definition) is 2. The monoisotopic (exact) mass is 263 g/mol. The highest BCUT2D eigenvalue weighted by molar-refractivity contribution is 7.99. The molecule has 0 aromatic heterocycles. The fourth-order valence-electron chi connectivity index (χ4n) is 2.09. The minimum absolute atomic E-state index is 0.126. The van der Waals surface area contributed by atoms with Crippen LogP contribution in [0.3, 0.4) is 0 Å². The van der Waals surface area contributed by atoms with Gasteiger partial charge in [-0.3, -0.25) is 4.79 Å². The van der Waals surface area contributed by atoms with Gasteiger partial charge in [0, 0.05) is 17.8 Å². The van der Waals surface area contributed by atoms with Crippen molar-refractivity contribution in [1.82, 2.24) is 5.32 Å². The Morgan fingerprint density at radius 1 is 1.44 bits per heavy atom. The van der Waals surface area contributed by atoms with Gasteiger partial charge in [-0.15, -0.1) is 11.6 Å². The molecule has 1 fully saturated rings. The standard InChI is InChI=1S/C12H22ClNOS/c1-9(13)7-10(2)14-12(15)8-11-3-5-16-6-4-11/h9-11H,3-8H2,1-2H3,(H,14,15). The molecule has 0 saturated carbocycles. The lowest BCUT2D eigenvalue weighted by Gasteiger charge is -2.22. The number of hydrogen-bond donors (Lipinski definition) is 1. The number of rotatable bonds is 5. The van der Waals surface area contributed by atoms with E-state index in [1.54, 1.807) is 0 Å². The van der Waals surface area contributed by atoms with Gasteiger partial charge in [0.25, 0.3) is 0 Å². The number of carbonyl (C=O) groups excluding carboxylic acids is 1. The van der Waals surface area contributed by atoms with Crippen LogP contribution < -0.4 is 5.32 Å². The van der Waals surface area contributed by atoms with Crippen LogP contribution in [0.1, 0.15) is 39.5 Å². The molecule has 1 heterocycles. The van der Waals surface area contributed by atoms with Crippen LogP contribution in [0.15, 0.2) is 0 Å². The zero-order chi connectivity index (χ0) is 12.0. The Balaban J connectivity index is 2.18. The van der Waals surface area contributed by atoms with Gasteiger partial charge in [0.15, 0.2) is 0 Å². The molecule has 1 saturated heterocycles. The van der Waals surface area contributed by atoms with Gasteiger partial charge < -0.3 is 5.32 Å². The molecule has 2 unspecified atom stereocenters. The number of amides is 1. The van der Waals surface area contributed by atoms with E-state index in [4.69, 9.17) is 11.6 Å². The number of alkyl halides is 1. The fourth-order valence-corrected chi connectivity index (χ4v) is 3.56. The van der Waals surface area contributed by atoms with Gasteiger partial charge in [0.2, 0.25) is 5.91 Å². The lowest BCUT2D eigenvalue weighted by Crippen LogP contribution is -2.35. The molecule has 1 amide bonds. The second-order valence-electron chi connectivity index (χ2n) is 4.74. The van der Waals surface area contributed by atoms with Crippen molar-refractivity contribution in [1.29, 1.82) is 0 Å². The number of thioether (sulfide) groups is 1. The Labute approximate surface area is 108 Å². The lowest BCUT2D eigenvalue weighted by atomic mass is 9.98. The van der Waals surface area contributed by atoms with E-state index < -0.39 is 0 Å². The predicted molar refractivity (Wildman–Crippen MR) is 72.2 cm³/mol. The second kappa shape index (κ2) is 7.44. The Bertz CT molecular complexity index is 217. The molecular weight excluding hydrogens is 242 g/mol. The predicted octanol–water partition coefficient (Wildman–Crippen LogP) is 3.04. The van der Waals surface area contributed by atoms with Crippen molar-refractivity contribution in [3.05, 3.63) is 0 Å². The second-order valence-corrected chi connectivity index (χ2v) is 6.71. The summed E-state index contributed by atoms with van der Waals surface area (Å²) < 4.78 is 0. The van der Waals surface area contributed by atoms with Crippen LogP contribution in [-0.4, -0.2) is 28.8 Å². The zero-order valence-electron chi connectivity index (χ0n) is 10.2. The molecule has 0 bridgehead atoms. The molecule has 2 atom stereocenters. The first-order valence-electron chi connectivity index (χ1n) is 6.09. The van der Waals surface area contributed by atoms with Gasteiger partial charge in [0.05, 0.1) is 0 Å². The van der Waals surface area contributed by atoms with Crippen molar-refractivity contribution in [2.45, 2.75) is 50.9 Å². The molecule has 16 heavy (non-hydrogen) atoms. The van der Waals surface area contributed by atoms with Gasteiger partial charge in [-0.2, -0.15) is 11.8 Å². The number of nitrogens with one attached hydrogen (secondary N) is 1. The molecule has 0 spiro atoms. The van der Waals surface area contributed by atoms with Crippen molar-refractivity contribution in [3.8, 4) is 0 Å². The fraction of sp³-hybridized carbons (Fsp3) is 0.917. The molecule has 0 aromatic carbocycles. The Morgan fingerprint density at radius 2 is 2.06 bits per heavy atom. The van der Waals surface area contributed by atoms with Crippen LogP contribution in [0, 0.1) is 5.92 Å². The molecular formula is C12H22ClNOS. The summed E-state index contributed by atoms with van der Waals surface area (Å²) in [6.45, 7) is 3.98. The summed E-state index contributed by atoms with van der Waals surface area (Å²) in [5.74, 6) is 3.22. The van der Waals surface area contributed by atoms with E-state index >= 15 is 0 Å². The summed E-state index contributed by atoms with van der Waals surface area (Å²) in [4.78, 5) is 11.7. The first-order chi connectivity index (χ1) is 7.58. The largest absolute Gasteiger partial charge is 0.354 e. The average Bonchev–Trinajstić information content (AvgIpc) is 2.17. The molecule has 1 rings (SSSR count). The van der Waals surface area contributed by atoms with Gasteiger partial charge in [-0.25, -0.2) is 0 Å². The van der Waals surface area contributed by atoms with Crippen LogP contribution in [-0.2, 0) is 4.79 Å². The number of halogens is 1. The van der Waals surface area contributed by atoms with Crippen molar-refractivity contribution in [2.75, 3.05) is 11.5 Å². The van der Waals surface area contributed by atoms with Gasteiger partial charge in [-0.05, 0) is 50.5 Å². The summed E-state index contributed by atoms with van der Waals surface area (Å²) in [6.07, 6.45) is 3.92. The van der Waals surface area contributed by atoms with E-state index in [1.165, 1.54) is 24.3 Å². The summed E-state index contributed by atoms with van der Waals surface area (Å²) in [7, 11) is 0. The van der Waals surface area contributed by atoms with E-state index in [1.807, 2.05) is 25.6 Å². The van der Waals surface area contributed by atoms with E-state index in [-0.39, 0.29) is 17.3 Å². The third-order valence-corrected chi connectivity index (χ3v) is 4.13.